The van der Waals surface area contributed by atoms with Gasteiger partial charge in [0, 0.05) is 37.7 Å². The van der Waals surface area contributed by atoms with E-state index in [1.54, 1.807) is 4.90 Å². The molecule has 2 aliphatic rings. The Labute approximate surface area is 169 Å². The molecule has 29 heavy (non-hydrogen) atoms. The SMILES string of the molecule is NC[C@H](NCc1cccc2c1C(=O)N(C1CCC(=O)NC1=O)C2)c1ccccc1. The van der Waals surface area contributed by atoms with E-state index >= 15 is 0 Å². The highest BCUT2D eigenvalue weighted by Crippen LogP contribution is 2.30. The van der Waals surface area contributed by atoms with Crippen molar-refractivity contribution in [3.8, 4) is 0 Å². The van der Waals surface area contributed by atoms with Crippen molar-refractivity contribution in [3.05, 3.63) is 70.8 Å². The van der Waals surface area contributed by atoms with Crippen molar-refractivity contribution in [2.75, 3.05) is 6.54 Å². The van der Waals surface area contributed by atoms with Gasteiger partial charge in [-0.2, -0.15) is 0 Å². The number of benzene rings is 2. The van der Waals surface area contributed by atoms with Gasteiger partial charge in [0.15, 0.2) is 0 Å². The minimum atomic E-state index is -0.602. The maximum Gasteiger partial charge on any atom is 0.255 e. The number of hydrogen-bond acceptors (Lipinski definition) is 5. The summed E-state index contributed by atoms with van der Waals surface area (Å²) in [7, 11) is 0. The van der Waals surface area contributed by atoms with Gasteiger partial charge in [0.1, 0.15) is 6.04 Å². The Kier molecular flexibility index (Phi) is 5.42. The first-order valence-electron chi connectivity index (χ1n) is 9.82. The van der Waals surface area contributed by atoms with Crippen LogP contribution >= 0.6 is 0 Å². The van der Waals surface area contributed by atoms with Crippen LogP contribution in [0.2, 0.25) is 0 Å². The van der Waals surface area contributed by atoms with E-state index in [1.165, 1.54) is 0 Å². The fourth-order valence-corrected chi connectivity index (χ4v) is 4.09. The molecular formula is C22H24N4O3. The maximum absolute atomic E-state index is 13.1. The number of hydrogen-bond donors (Lipinski definition) is 3. The lowest BCUT2D eigenvalue weighted by Crippen LogP contribution is -2.52. The molecule has 2 heterocycles. The molecule has 1 fully saturated rings. The van der Waals surface area contributed by atoms with Crippen LogP contribution in [0.15, 0.2) is 48.5 Å². The first-order chi connectivity index (χ1) is 14.1. The number of nitrogens with one attached hydrogen (secondary N) is 2. The number of carbonyl (C=O) groups is 3. The Balaban J connectivity index is 1.52. The van der Waals surface area contributed by atoms with Gasteiger partial charge in [-0.15, -0.1) is 0 Å². The molecule has 0 saturated carbocycles. The second kappa shape index (κ2) is 8.14. The van der Waals surface area contributed by atoms with Gasteiger partial charge < -0.3 is 16.0 Å². The quantitative estimate of drug-likeness (QED) is 0.642. The lowest BCUT2D eigenvalue weighted by Gasteiger charge is -2.29. The Morgan fingerprint density at radius 2 is 1.90 bits per heavy atom. The molecule has 1 saturated heterocycles. The van der Waals surface area contributed by atoms with Crippen molar-refractivity contribution in [1.82, 2.24) is 15.5 Å². The largest absolute Gasteiger partial charge is 0.329 e. The molecule has 0 spiro atoms. The van der Waals surface area contributed by atoms with Gasteiger partial charge in [0.25, 0.3) is 5.91 Å². The molecular weight excluding hydrogens is 368 g/mol. The van der Waals surface area contributed by atoms with Crippen molar-refractivity contribution in [3.63, 3.8) is 0 Å². The highest BCUT2D eigenvalue weighted by atomic mass is 16.2. The molecule has 4 N–H and O–H groups in total. The van der Waals surface area contributed by atoms with Crippen LogP contribution in [0.1, 0.15) is 45.9 Å². The van der Waals surface area contributed by atoms with Gasteiger partial charge in [-0.25, -0.2) is 0 Å². The minimum absolute atomic E-state index is 0.0187. The third-order valence-electron chi connectivity index (χ3n) is 5.62. The van der Waals surface area contributed by atoms with Crippen molar-refractivity contribution >= 4 is 17.7 Å². The molecule has 7 nitrogen and oxygen atoms in total. The highest BCUT2D eigenvalue weighted by molar-refractivity contribution is 6.05. The zero-order chi connectivity index (χ0) is 20.4. The number of fused-ring (bicyclic) bond motifs is 1. The molecule has 0 radical (unpaired) electrons. The van der Waals surface area contributed by atoms with Gasteiger partial charge in [-0.05, 0) is 23.1 Å². The predicted octanol–water partition coefficient (Wildman–Crippen LogP) is 1.24. The Hall–Kier alpha value is -3.03. The van der Waals surface area contributed by atoms with Gasteiger partial charge >= 0.3 is 0 Å². The average Bonchev–Trinajstić information content (AvgIpc) is 3.06. The second-order valence-electron chi connectivity index (χ2n) is 7.43. The lowest BCUT2D eigenvalue weighted by molar-refractivity contribution is -0.136. The van der Waals surface area contributed by atoms with E-state index in [0.29, 0.717) is 31.6 Å². The third-order valence-corrected chi connectivity index (χ3v) is 5.62. The summed E-state index contributed by atoms with van der Waals surface area (Å²) in [6, 6.07) is 15.1. The monoisotopic (exact) mass is 392 g/mol. The van der Waals surface area contributed by atoms with Crippen LogP contribution in [0.4, 0.5) is 0 Å². The van der Waals surface area contributed by atoms with Crippen LogP contribution in [-0.2, 0) is 22.7 Å². The summed E-state index contributed by atoms with van der Waals surface area (Å²) in [4.78, 5) is 38.4. The zero-order valence-corrected chi connectivity index (χ0v) is 16.1. The van der Waals surface area contributed by atoms with Crippen molar-refractivity contribution < 1.29 is 14.4 Å². The number of piperidine rings is 1. The summed E-state index contributed by atoms with van der Waals surface area (Å²) >= 11 is 0. The van der Waals surface area contributed by atoms with Crippen LogP contribution in [-0.4, -0.2) is 35.2 Å². The summed E-state index contributed by atoms with van der Waals surface area (Å²) in [5.74, 6) is -0.834. The van der Waals surface area contributed by atoms with Gasteiger partial charge in [0.05, 0.1) is 0 Å². The molecule has 0 bridgehead atoms. The van der Waals surface area contributed by atoms with Crippen molar-refractivity contribution in [1.29, 1.82) is 0 Å². The fourth-order valence-electron chi connectivity index (χ4n) is 4.09. The maximum atomic E-state index is 13.1. The fraction of sp³-hybridized carbons (Fsp3) is 0.318. The zero-order valence-electron chi connectivity index (χ0n) is 16.1. The van der Waals surface area contributed by atoms with Crippen LogP contribution in [0, 0.1) is 0 Å². The topological polar surface area (TPSA) is 105 Å². The van der Waals surface area contributed by atoms with Crippen LogP contribution in [0.5, 0.6) is 0 Å². The number of amides is 3. The Morgan fingerprint density at radius 1 is 1.10 bits per heavy atom. The number of nitrogens with zero attached hydrogens (tertiary/aromatic N) is 1. The van der Waals surface area contributed by atoms with Gasteiger partial charge in [0.2, 0.25) is 11.8 Å². The summed E-state index contributed by atoms with van der Waals surface area (Å²) in [6.45, 7) is 1.32. The van der Waals surface area contributed by atoms with E-state index in [-0.39, 0.29) is 24.3 Å². The van der Waals surface area contributed by atoms with Crippen molar-refractivity contribution in [2.45, 2.75) is 38.0 Å². The molecule has 3 amide bonds. The molecule has 2 aromatic rings. The van der Waals surface area contributed by atoms with E-state index in [2.05, 4.69) is 10.6 Å². The smallest absolute Gasteiger partial charge is 0.255 e. The number of imide groups is 1. The van der Waals surface area contributed by atoms with Crippen LogP contribution in [0.25, 0.3) is 0 Å². The number of nitrogens with two attached hydrogens (primary N) is 1. The molecule has 2 aliphatic heterocycles. The minimum Gasteiger partial charge on any atom is -0.329 e. The molecule has 1 unspecified atom stereocenters. The average molecular weight is 392 g/mol. The second-order valence-corrected chi connectivity index (χ2v) is 7.43. The molecule has 0 aromatic heterocycles. The van der Waals surface area contributed by atoms with Crippen LogP contribution < -0.4 is 16.4 Å². The van der Waals surface area contributed by atoms with Crippen LogP contribution in [0.3, 0.4) is 0 Å². The standard InChI is InChI=1S/C22H24N4O3/c23-11-17(14-5-2-1-3-6-14)24-12-15-7-4-8-16-13-26(22(29)20(15)16)18-9-10-19(27)25-21(18)28/h1-8,17-18,24H,9-13,23H2,(H,25,27,28)/t17-,18?/m0/s1. The van der Waals surface area contributed by atoms with Gasteiger partial charge in [-0.3, -0.25) is 19.7 Å². The van der Waals surface area contributed by atoms with E-state index < -0.39 is 11.9 Å². The number of carbonyl (C=O) groups excluding carboxylic acids is 3. The Bertz CT molecular complexity index is 944. The molecule has 150 valence electrons. The summed E-state index contributed by atoms with van der Waals surface area (Å²) < 4.78 is 0. The number of rotatable bonds is 6. The molecule has 0 aliphatic carbocycles. The summed E-state index contributed by atoms with van der Waals surface area (Å²) in [5, 5.41) is 5.78. The van der Waals surface area contributed by atoms with Gasteiger partial charge in [-0.1, -0.05) is 48.5 Å². The first kappa shape index (κ1) is 19.3. The highest BCUT2D eigenvalue weighted by Gasteiger charge is 2.39. The van der Waals surface area contributed by atoms with E-state index in [0.717, 1.165) is 16.7 Å². The van der Waals surface area contributed by atoms with E-state index in [1.807, 2.05) is 48.5 Å². The molecule has 2 aromatic carbocycles. The third kappa shape index (κ3) is 3.79. The summed E-state index contributed by atoms with van der Waals surface area (Å²) in [6.07, 6.45) is 0.613. The molecule has 4 rings (SSSR count). The van der Waals surface area contributed by atoms with E-state index in [9.17, 15) is 14.4 Å². The lowest BCUT2D eigenvalue weighted by atomic mass is 10.0. The van der Waals surface area contributed by atoms with E-state index in [4.69, 9.17) is 5.73 Å². The molecule has 7 heteroatoms. The first-order valence-corrected chi connectivity index (χ1v) is 9.82. The Morgan fingerprint density at radius 3 is 2.62 bits per heavy atom. The normalized spacial score (nSPS) is 19.8. The molecule has 2 atom stereocenters. The summed E-state index contributed by atoms with van der Waals surface area (Å²) in [5.41, 5.74) is 9.48. The van der Waals surface area contributed by atoms with Crippen molar-refractivity contribution in [2.24, 2.45) is 5.73 Å². The predicted molar refractivity (Wildman–Crippen MR) is 108 cm³/mol.